The number of alkyl halides is 5. The zero-order valence-electron chi connectivity index (χ0n) is 23.7. The Bertz CT molecular complexity index is 1810. The number of benzene rings is 2. The summed E-state index contributed by atoms with van der Waals surface area (Å²) >= 11 is 0. The second-order valence-electron chi connectivity index (χ2n) is 9.07. The van der Waals surface area contributed by atoms with Crippen LogP contribution in [0.2, 0.25) is 0 Å². The van der Waals surface area contributed by atoms with Crippen LogP contribution in [0.1, 0.15) is 15.9 Å². The minimum atomic E-state index is -5.14. The monoisotopic (exact) mass is 658 g/mol. The molecule has 0 saturated heterocycles. The third-order valence-electron chi connectivity index (χ3n) is 6.26. The quantitative estimate of drug-likeness (QED) is 0.188. The highest BCUT2D eigenvalue weighted by molar-refractivity contribution is 6.06. The number of hydrogen-bond donors (Lipinski definition) is 1. The van der Waals surface area contributed by atoms with Gasteiger partial charge in [-0.05, 0) is 30.3 Å². The minimum Gasteiger partial charge on any atom is -0.497 e. The molecule has 11 nitrogen and oxygen atoms in total. The zero-order chi connectivity index (χ0) is 33.9. The first-order chi connectivity index (χ1) is 21.7. The van der Waals surface area contributed by atoms with Crippen molar-refractivity contribution in [2.24, 2.45) is 7.05 Å². The summed E-state index contributed by atoms with van der Waals surface area (Å²) in [5.74, 6) is -7.00. The van der Waals surface area contributed by atoms with Crippen molar-refractivity contribution >= 4 is 17.6 Å². The van der Waals surface area contributed by atoms with Crippen molar-refractivity contribution in [2.45, 2.75) is 12.8 Å². The molecular weight excluding hydrogens is 637 g/mol. The Morgan fingerprint density at radius 2 is 1.61 bits per heavy atom. The van der Waals surface area contributed by atoms with Gasteiger partial charge in [-0.1, -0.05) is 0 Å². The van der Waals surface area contributed by atoms with Gasteiger partial charge in [0.2, 0.25) is 5.88 Å². The number of rotatable bonds is 10. The SMILES string of the molecule is COC(=O)COc1ccc(C(F)(F)F)c(-n2c(=O)c(NC(=O)c3ccc(OC(F)F)cc3)c(-c3c(F)cc(OC)cc3F)n2C)n1. The number of hydrogen-bond acceptors (Lipinski definition) is 8. The first kappa shape index (κ1) is 33.3. The Hall–Kier alpha value is -5.55. The van der Waals surface area contributed by atoms with Crippen molar-refractivity contribution in [2.75, 3.05) is 26.1 Å². The predicted molar refractivity (Wildman–Crippen MR) is 144 cm³/mol. The average Bonchev–Trinajstić information content (AvgIpc) is 3.22. The largest absolute Gasteiger partial charge is 0.497 e. The summed E-state index contributed by atoms with van der Waals surface area (Å²) in [5.41, 5.74) is -5.76. The van der Waals surface area contributed by atoms with Crippen molar-refractivity contribution in [1.82, 2.24) is 14.3 Å². The minimum absolute atomic E-state index is 0.259. The molecule has 1 N–H and O–H groups in total. The van der Waals surface area contributed by atoms with Gasteiger partial charge in [-0.25, -0.2) is 13.6 Å². The van der Waals surface area contributed by atoms with Crippen molar-refractivity contribution in [3.8, 4) is 34.5 Å². The van der Waals surface area contributed by atoms with Crippen molar-refractivity contribution < 1.29 is 59.3 Å². The standard InChI is InChI=1S/C28H21F7N4O7/c1-38-23(21-17(29)10-15(43-2)11-18(21)30)22(37-25(41)13-4-6-14(7-5-13)46-27(31)32)26(42)39(38)24-16(28(33,34)35)8-9-19(36-24)45-12-20(40)44-3/h4-11,27H,12H2,1-3H3,(H,37,41). The number of pyridine rings is 1. The Morgan fingerprint density at radius 1 is 0.978 bits per heavy atom. The van der Waals surface area contributed by atoms with Crippen LogP contribution in [0.15, 0.2) is 53.3 Å². The predicted octanol–water partition coefficient (Wildman–Crippen LogP) is 4.95. The first-order valence-electron chi connectivity index (χ1n) is 12.7. The number of ether oxygens (including phenoxy) is 4. The second kappa shape index (κ2) is 13.2. The molecule has 2 heterocycles. The van der Waals surface area contributed by atoms with E-state index in [-0.39, 0.29) is 21.7 Å². The molecule has 0 saturated carbocycles. The fourth-order valence-corrected chi connectivity index (χ4v) is 4.20. The van der Waals surface area contributed by atoms with Gasteiger partial charge in [0.1, 0.15) is 40.1 Å². The summed E-state index contributed by atoms with van der Waals surface area (Å²) in [5, 5.41) is 2.14. The summed E-state index contributed by atoms with van der Waals surface area (Å²) in [6, 6.07) is 6.74. The van der Waals surface area contributed by atoms with Crippen LogP contribution >= 0.6 is 0 Å². The lowest BCUT2D eigenvalue weighted by Crippen LogP contribution is -2.26. The molecule has 244 valence electrons. The maximum Gasteiger partial charge on any atom is 0.420 e. The second-order valence-corrected chi connectivity index (χ2v) is 9.07. The van der Waals surface area contributed by atoms with E-state index in [1.807, 2.05) is 0 Å². The third-order valence-corrected chi connectivity index (χ3v) is 6.26. The molecule has 0 spiro atoms. The van der Waals surface area contributed by atoms with Crippen LogP contribution in [0.4, 0.5) is 36.4 Å². The molecule has 18 heteroatoms. The Balaban J connectivity index is 1.95. The van der Waals surface area contributed by atoms with Crippen molar-refractivity contribution in [1.29, 1.82) is 0 Å². The zero-order valence-corrected chi connectivity index (χ0v) is 23.7. The summed E-state index contributed by atoms with van der Waals surface area (Å²) < 4.78 is 118. The maximum absolute atomic E-state index is 15.3. The van der Waals surface area contributed by atoms with Gasteiger partial charge in [-0.3, -0.25) is 14.3 Å². The van der Waals surface area contributed by atoms with Crippen LogP contribution in [-0.4, -0.2) is 53.7 Å². The van der Waals surface area contributed by atoms with Crippen LogP contribution in [0.25, 0.3) is 17.1 Å². The average molecular weight is 658 g/mol. The summed E-state index contributed by atoms with van der Waals surface area (Å²) in [6.07, 6.45) is -5.14. The van der Waals surface area contributed by atoms with E-state index in [0.717, 1.165) is 63.7 Å². The van der Waals surface area contributed by atoms with Gasteiger partial charge >= 0.3 is 18.8 Å². The molecule has 2 aromatic heterocycles. The van der Waals surface area contributed by atoms with Gasteiger partial charge in [0.25, 0.3) is 11.5 Å². The number of esters is 1. The van der Waals surface area contributed by atoms with E-state index in [4.69, 9.17) is 9.47 Å². The Morgan fingerprint density at radius 3 is 2.15 bits per heavy atom. The molecule has 4 aromatic rings. The Kier molecular flexibility index (Phi) is 9.57. The molecule has 1 amide bonds. The van der Waals surface area contributed by atoms with E-state index in [2.05, 4.69) is 19.8 Å². The number of nitrogens with one attached hydrogen (secondary N) is 1. The molecule has 0 aliphatic heterocycles. The number of aromatic nitrogens is 3. The number of amides is 1. The lowest BCUT2D eigenvalue weighted by Gasteiger charge is -2.16. The molecule has 0 aliphatic carbocycles. The molecule has 0 fully saturated rings. The number of carbonyl (C=O) groups is 2. The first-order valence-corrected chi connectivity index (χ1v) is 12.7. The summed E-state index contributed by atoms with van der Waals surface area (Å²) in [6.45, 7) is -3.94. The van der Waals surface area contributed by atoms with Gasteiger partial charge in [-0.15, -0.1) is 0 Å². The molecule has 4 rings (SSSR count). The normalized spacial score (nSPS) is 11.4. The van der Waals surface area contributed by atoms with Gasteiger partial charge < -0.3 is 24.3 Å². The van der Waals surface area contributed by atoms with E-state index in [1.165, 1.54) is 0 Å². The lowest BCUT2D eigenvalue weighted by atomic mass is 10.1. The fraction of sp³-hybridized carbons (Fsp3) is 0.214. The molecule has 0 bridgehead atoms. The van der Waals surface area contributed by atoms with E-state index in [1.54, 1.807) is 0 Å². The molecule has 0 atom stereocenters. The highest BCUT2D eigenvalue weighted by Crippen LogP contribution is 2.37. The highest BCUT2D eigenvalue weighted by Gasteiger charge is 2.38. The summed E-state index contributed by atoms with van der Waals surface area (Å²) in [7, 11) is 3.11. The smallest absolute Gasteiger partial charge is 0.420 e. The van der Waals surface area contributed by atoms with Crippen LogP contribution in [0, 0.1) is 11.6 Å². The van der Waals surface area contributed by atoms with Crippen molar-refractivity contribution in [3.63, 3.8) is 0 Å². The van der Waals surface area contributed by atoms with Crippen LogP contribution in [-0.2, 0) is 22.8 Å². The number of anilines is 1. The molecule has 0 radical (unpaired) electrons. The lowest BCUT2D eigenvalue weighted by molar-refractivity contribution is -0.143. The van der Waals surface area contributed by atoms with E-state index in [0.29, 0.717) is 10.7 Å². The topological polar surface area (TPSA) is 123 Å². The molecule has 0 unspecified atom stereocenters. The van der Waals surface area contributed by atoms with Crippen LogP contribution in [0.5, 0.6) is 17.4 Å². The number of carbonyl (C=O) groups excluding carboxylic acids is 2. The van der Waals surface area contributed by atoms with Gasteiger partial charge in [0.15, 0.2) is 12.4 Å². The molecule has 2 aromatic carbocycles. The Labute approximate surface area is 253 Å². The van der Waals surface area contributed by atoms with Crippen molar-refractivity contribution in [3.05, 3.63) is 81.6 Å². The number of nitrogens with zero attached hydrogens (tertiary/aromatic N) is 3. The molecular formula is C28H21F7N4O7. The molecule has 0 aliphatic rings. The summed E-state index contributed by atoms with van der Waals surface area (Å²) in [4.78, 5) is 42.2. The van der Waals surface area contributed by atoms with Gasteiger partial charge in [-0.2, -0.15) is 31.6 Å². The molecule has 46 heavy (non-hydrogen) atoms. The van der Waals surface area contributed by atoms with E-state index in [9.17, 15) is 36.3 Å². The fourth-order valence-electron chi connectivity index (χ4n) is 4.20. The van der Waals surface area contributed by atoms with E-state index < -0.39 is 82.7 Å². The number of methoxy groups -OCH3 is 2. The maximum atomic E-state index is 15.3. The van der Waals surface area contributed by atoms with E-state index >= 15 is 8.78 Å². The van der Waals surface area contributed by atoms with Gasteiger partial charge in [0, 0.05) is 30.8 Å². The highest BCUT2D eigenvalue weighted by atomic mass is 19.4. The third kappa shape index (κ3) is 6.89. The van der Waals surface area contributed by atoms with Gasteiger partial charge in [0.05, 0.1) is 19.8 Å². The van der Waals surface area contributed by atoms with Crippen LogP contribution < -0.4 is 25.1 Å². The van der Waals surface area contributed by atoms with Crippen LogP contribution in [0.3, 0.4) is 0 Å². The number of halogens is 7.